The summed E-state index contributed by atoms with van der Waals surface area (Å²) in [6, 6.07) is 10.9. The van der Waals surface area contributed by atoms with Crippen LogP contribution in [0.5, 0.6) is 11.8 Å². The number of rotatable bonds is 4. The zero-order valence-corrected chi connectivity index (χ0v) is 12.2. The zero-order valence-electron chi connectivity index (χ0n) is 12.2. The number of halogens is 2. The van der Waals surface area contributed by atoms with E-state index in [1.807, 2.05) is 0 Å². The lowest BCUT2D eigenvalue weighted by molar-refractivity contribution is 0.102. The van der Waals surface area contributed by atoms with Gasteiger partial charge in [-0.2, -0.15) is 0 Å². The largest absolute Gasteiger partial charge is 0.424 e. The lowest BCUT2D eigenvalue weighted by Crippen LogP contribution is -2.12. The molecule has 1 heterocycles. The normalized spacial score (nSPS) is 10.2. The fraction of sp³-hybridized carbons (Fsp3) is 0. The van der Waals surface area contributed by atoms with Crippen molar-refractivity contribution in [3.05, 3.63) is 78.1 Å². The van der Waals surface area contributed by atoms with Gasteiger partial charge in [0.2, 0.25) is 0 Å². The number of carbonyl (C=O) groups is 1. The minimum atomic E-state index is -0.821. The second-order valence-corrected chi connectivity index (χ2v) is 4.77. The molecule has 0 bridgehead atoms. The van der Waals surface area contributed by atoms with Crippen LogP contribution >= 0.6 is 0 Å². The lowest BCUT2D eigenvalue weighted by atomic mass is 10.2. The summed E-state index contributed by atoms with van der Waals surface area (Å²) in [5.74, 6) is -1.87. The number of hydrogen-bond donors (Lipinski definition) is 1. The van der Waals surface area contributed by atoms with Gasteiger partial charge in [-0.1, -0.05) is 6.07 Å². The molecule has 0 spiro atoms. The van der Waals surface area contributed by atoms with Crippen molar-refractivity contribution in [3.8, 4) is 11.8 Å². The van der Waals surface area contributed by atoms with E-state index in [-0.39, 0.29) is 11.6 Å². The summed E-state index contributed by atoms with van der Waals surface area (Å²) in [4.78, 5) is 19.9. The van der Waals surface area contributed by atoms with E-state index in [4.69, 9.17) is 4.74 Å². The number of anilines is 1. The van der Waals surface area contributed by atoms with Crippen LogP contribution in [0.1, 0.15) is 10.4 Å². The number of nitrogens with zero attached hydrogens (tertiary/aromatic N) is 2. The first kappa shape index (κ1) is 15.5. The van der Waals surface area contributed by atoms with Crippen LogP contribution in [0, 0.1) is 11.6 Å². The monoisotopic (exact) mass is 327 g/mol. The Bertz CT molecular complexity index is 852. The maximum absolute atomic E-state index is 13.2. The number of aromatic nitrogens is 2. The summed E-state index contributed by atoms with van der Waals surface area (Å²) in [7, 11) is 0. The minimum absolute atomic E-state index is 0.120. The third kappa shape index (κ3) is 3.89. The van der Waals surface area contributed by atoms with Gasteiger partial charge in [-0.3, -0.25) is 4.79 Å². The Hall–Kier alpha value is -3.35. The summed E-state index contributed by atoms with van der Waals surface area (Å²) < 4.78 is 31.8. The van der Waals surface area contributed by atoms with Gasteiger partial charge in [-0.25, -0.2) is 18.7 Å². The topological polar surface area (TPSA) is 64.1 Å². The lowest BCUT2D eigenvalue weighted by Gasteiger charge is -2.08. The molecule has 3 aromatic rings. The molecule has 0 aliphatic carbocycles. The van der Waals surface area contributed by atoms with Gasteiger partial charge in [0.05, 0.1) is 0 Å². The van der Waals surface area contributed by atoms with E-state index in [0.717, 1.165) is 12.1 Å². The summed E-state index contributed by atoms with van der Waals surface area (Å²) in [6.45, 7) is 0. The molecular weight excluding hydrogens is 316 g/mol. The van der Waals surface area contributed by atoms with Gasteiger partial charge in [0.1, 0.15) is 17.4 Å². The van der Waals surface area contributed by atoms with Crippen LogP contribution in [-0.2, 0) is 0 Å². The Morgan fingerprint density at radius 3 is 2.38 bits per heavy atom. The fourth-order valence-electron chi connectivity index (χ4n) is 1.97. The Morgan fingerprint density at radius 1 is 0.958 bits per heavy atom. The zero-order chi connectivity index (χ0) is 16.9. The summed E-state index contributed by atoms with van der Waals surface area (Å²) >= 11 is 0. The maximum atomic E-state index is 13.2. The minimum Gasteiger partial charge on any atom is -0.424 e. The van der Waals surface area contributed by atoms with Gasteiger partial charge < -0.3 is 10.1 Å². The van der Waals surface area contributed by atoms with Crippen molar-refractivity contribution in [3.63, 3.8) is 0 Å². The van der Waals surface area contributed by atoms with Crippen molar-refractivity contribution in [2.45, 2.75) is 0 Å². The van der Waals surface area contributed by atoms with Crippen molar-refractivity contribution in [1.82, 2.24) is 9.97 Å². The Morgan fingerprint density at radius 2 is 1.67 bits per heavy atom. The standard InChI is InChI=1S/C17H11F2N3O2/c18-12-7-11(8-13(19)9-12)16(23)22-14-3-1-4-15(10-14)24-17-20-5-2-6-21-17/h1-10H,(H,22,23). The summed E-state index contributed by atoms with van der Waals surface area (Å²) in [6.07, 6.45) is 3.07. The number of benzene rings is 2. The van der Waals surface area contributed by atoms with E-state index in [2.05, 4.69) is 15.3 Å². The van der Waals surface area contributed by atoms with Crippen LogP contribution in [-0.4, -0.2) is 15.9 Å². The molecule has 2 aromatic carbocycles. The van der Waals surface area contributed by atoms with Gasteiger partial charge in [0, 0.05) is 35.8 Å². The van der Waals surface area contributed by atoms with E-state index in [1.54, 1.807) is 30.3 Å². The molecular formula is C17H11F2N3O2. The second kappa shape index (κ2) is 6.82. The van der Waals surface area contributed by atoms with E-state index in [1.165, 1.54) is 12.4 Å². The molecule has 0 saturated carbocycles. The molecule has 0 aliphatic heterocycles. The molecule has 5 nitrogen and oxygen atoms in total. The van der Waals surface area contributed by atoms with Crippen molar-refractivity contribution in [1.29, 1.82) is 0 Å². The van der Waals surface area contributed by atoms with Crippen LogP contribution in [0.25, 0.3) is 0 Å². The maximum Gasteiger partial charge on any atom is 0.321 e. The highest BCUT2D eigenvalue weighted by Gasteiger charge is 2.10. The predicted molar refractivity (Wildman–Crippen MR) is 82.9 cm³/mol. The second-order valence-electron chi connectivity index (χ2n) is 4.77. The highest BCUT2D eigenvalue weighted by molar-refractivity contribution is 6.04. The molecule has 120 valence electrons. The number of hydrogen-bond acceptors (Lipinski definition) is 4. The molecule has 7 heteroatoms. The van der Waals surface area contributed by atoms with E-state index < -0.39 is 17.5 Å². The molecule has 0 fully saturated rings. The average Bonchev–Trinajstić information content (AvgIpc) is 2.55. The van der Waals surface area contributed by atoms with Crippen LogP contribution < -0.4 is 10.1 Å². The van der Waals surface area contributed by atoms with Gasteiger partial charge in [0.15, 0.2) is 0 Å². The highest BCUT2D eigenvalue weighted by atomic mass is 19.1. The predicted octanol–water partition coefficient (Wildman–Crippen LogP) is 3.80. The molecule has 0 unspecified atom stereocenters. The Balaban J connectivity index is 1.75. The fourth-order valence-corrected chi connectivity index (χ4v) is 1.97. The molecule has 0 aliphatic rings. The first-order valence-corrected chi connectivity index (χ1v) is 6.92. The summed E-state index contributed by atoms with van der Waals surface area (Å²) in [5, 5.41) is 2.55. The quantitative estimate of drug-likeness (QED) is 0.791. The van der Waals surface area contributed by atoms with Gasteiger partial charge in [-0.05, 0) is 30.3 Å². The summed E-state index contributed by atoms with van der Waals surface area (Å²) in [5.41, 5.74) is 0.281. The third-order valence-electron chi connectivity index (χ3n) is 2.97. The average molecular weight is 327 g/mol. The van der Waals surface area contributed by atoms with Crippen molar-refractivity contribution in [2.75, 3.05) is 5.32 Å². The van der Waals surface area contributed by atoms with E-state index in [0.29, 0.717) is 17.5 Å². The molecule has 0 radical (unpaired) electrons. The molecule has 0 atom stereocenters. The smallest absolute Gasteiger partial charge is 0.321 e. The van der Waals surface area contributed by atoms with Crippen molar-refractivity contribution < 1.29 is 18.3 Å². The van der Waals surface area contributed by atoms with Crippen LogP contribution in [0.3, 0.4) is 0 Å². The molecule has 1 N–H and O–H groups in total. The SMILES string of the molecule is O=C(Nc1cccc(Oc2ncccn2)c1)c1cc(F)cc(F)c1. The van der Waals surface area contributed by atoms with Gasteiger partial charge in [0.25, 0.3) is 5.91 Å². The first-order chi connectivity index (χ1) is 11.6. The highest BCUT2D eigenvalue weighted by Crippen LogP contribution is 2.22. The van der Waals surface area contributed by atoms with E-state index >= 15 is 0 Å². The van der Waals surface area contributed by atoms with E-state index in [9.17, 15) is 13.6 Å². The molecule has 1 aromatic heterocycles. The number of amides is 1. The number of carbonyl (C=O) groups excluding carboxylic acids is 1. The van der Waals surface area contributed by atoms with Gasteiger partial charge >= 0.3 is 6.01 Å². The van der Waals surface area contributed by atoms with Crippen molar-refractivity contribution >= 4 is 11.6 Å². The third-order valence-corrected chi connectivity index (χ3v) is 2.97. The molecule has 1 amide bonds. The number of nitrogens with one attached hydrogen (secondary N) is 1. The number of ether oxygens (including phenoxy) is 1. The molecule has 24 heavy (non-hydrogen) atoms. The van der Waals surface area contributed by atoms with Crippen LogP contribution in [0.2, 0.25) is 0 Å². The van der Waals surface area contributed by atoms with Crippen LogP contribution in [0.15, 0.2) is 60.9 Å². The van der Waals surface area contributed by atoms with Crippen molar-refractivity contribution in [2.24, 2.45) is 0 Å². The van der Waals surface area contributed by atoms with Gasteiger partial charge in [-0.15, -0.1) is 0 Å². The Labute approximate surface area is 136 Å². The molecule has 0 saturated heterocycles. The first-order valence-electron chi connectivity index (χ1n) is 6.92. The van der Waals surface area contributed by atoms with Crippen LogP contribution in [0.4, 0.5) is 14.5 Å². The molecule has 3 rings (SSSR count). The Kier molecular flexibility index (Phi) is 4.42.